The van der Waals surface area contributed by atoms with E-state index in [9.17, 15) is 4.79 Å². The standard InChI is InChI=1S/C23H23N3OS/c27-22(16-12-13-9-10-14(16)11-13)26-23-20(15-5-1-4-8-19(15)28-23)21-24-17-6-2-3-7-18(17)25-21/h2-3,6-7,9-10,13-14,16H,1,4-5,8,11-12H2,(H,24,25)(H,26,27). The van der Waals surface area contributed by atoms with Crippen LogP contribution < -0.4 is 5.32 Å². The van der Waals surface area contributed by atoms with Crippen LogP contribution >= 0.6 is 11.3 Å². The number of fused-ring (bicyclic) bond motifs is 4. The SMILES string of the molecule is O=C(Nc1sc2c(c1-c1nc3ccccc3[nH]1)CCCC2)C1CC2C=CC1C2. The van der Waals surface area contributed by atoms with Crippen molar-refractivity contribution in [1.29, 1.82) is 0 Å². The lowest BCUT2D eigenvalue weighted by molar-refractivity contribution is -0.120. The number of benzene rings is 1. The first-order valence-corrected chi connectivity index (χ1v) is 11.2. The molecule has 0 spiro atoms. The molecule has 2 bridgehead atoms. The molecule has 5 heteroatoms. The Balaban J connectivity index is 1.40. The summed E-state index contributed by atoms with van der Waals surface area (Å²) in [6.07, 6.45) is 11.3. The normalized spacial score (nSPS) is 25.4. The number of thiophene rings is 1. The predicted molar refractivity (Wildman–Crippen MR) is 114 cm³/mol. The number of rotatable bonds is 3. The van der Waals surface area contributed by atoms with Gasteiger partial charge in [0, 0.05) is 10.8 Å². The highest BCUT2D eigenvalue weighted by Crippen LogP contribution is 2.46. The average Bonchev–Trinajstić information content (AvgIpc) is 3.48. The van der Waals surface area contributed by atoms with E-state index in [1.165, 1.54) is 23.3 Å². The number of nitrogens with one attached hydrogen (secondary N) is 2. The second kappa shape index (κ2) is 6.31. The Kier molecular flexibility index (Phi) is 3.73. The largest absolute Gasteiger partial charge is 0.338 e. The summed E-state index contributed by atoms with van der Waals surface area (Å²) in [6.45, 7) is 0. The summed E-state index contributed by atoms with van der Waals surface area (Å²) in [6, 6.07) is 8.14. The van der Waals surface area contributed by atoms with Crippen LogP contribution in [0.25, 0.3) is 22.4 Å². The van der Waals surface area contributed by atoms with Gasteiger partial charge in [0.05, 0.1) is 16.6 Å². The van der Waals surface area contributed by atoms with Gasteiger partial charge in [-0.3, -0.25) is 4.79 Å². The van der Waals surface area contributed by atoms with Crippen molar-refractivity contribution in [3.05, 3.63) is 46.9 Å². The van der Waals surface area contributed by atoms with Gasteiger partial charge in [0.15, 0.2) is 0 Å². The van der Waals surface area contributed by atoms with Gasteiger partial charge in [0.2, 0.25) is 5.91 Å². The Hall–Kier alpha value is -2.40. The Morgan fingerprint density at radius 1 is 1.14 bits per heavy atom. The third-order valence-corrected chi connectivity index (χ3v) is 7.86. The molecule has 3 aliphatic rings. The van der Waals surface area contributed by atoms with Crippen molar-refractivity contribution in [2.75, 3.05) is 5.32 Å². The number of carbonyl (C=O) groups excluding carboxylic acids is 1. The zero-order chi connectivity index (χ0) is 18.7. The second-order valence-electron chi connectivity index (χ2n) is 8.39. The highest BCUT2D eigenvalue weighted by Gasteiger charge is 2.40. The fourth-order valence-corrected chi connectivity index (χ4v) is 6.56. The maximum Gasteiger partial charge on any atom is 0.228 e. The zero-order valence-electron chi connectivity index (χ0n) is 15.7. The maximum atomic E-state index is 13.1. The van der Waals surface area contributed by atoms with E-state index in [4.69, 9.17) is 4.98 Å². The molecular formula is C23H23N3OS. The number of aryl methyl sites for hydroxylation is 1. The molecule has 4 nitrogen and oxygen atoms in total. The first-order chi connectivity index (χ1) is 13.8. The van der Waals surface area contributed by atoms with Crippen molar-refractivity contribution in [3.63, 3.8) is 0 Å². The van der Waals surface area contributed by atoms with E-state index in [0.29, 0.717) is 11.8 Å². The van der Waals surface area contributed by atoms with Crippen molar-refractivity contribution in [2.24, 2.45) is 17.8 Å². The fourth-order valence-electron chi connectivity index (χ4n) is 5.26. The van der Waals surface area contributed by atoms with E-state index < -0.39 is 0 Å². The van der Waals surface area contributed by atoms with Crippen molar-refractivity contribution in [1.82, 2.24) is 9.97 Å². The fraction of sp³-hybridized carbons (Fsp3) is 0.391. The van der Waals surface area contributed by atoms with E-state index in [1.807, 2.05) is 18.2 Å². The van der Waals surface area contributed by atoms with E-state index in [0.717, 1.165) is 53.1 Å². The molecule has 1 amide bonds. The molecule has 142 valence electrons. The van der Waals surface area contributed by atoms with Crippen LogP contribution in [0, 0.1) is 17.8 Å². The summed E-state index contributed by atoms with van der Waals surface area (Å²) < 4.78 is 0. The van der Waals surface area contributed by atoms with Gasteiger partial charge in [-0.1, -0.05) is 24.3 Å². The van der Waals surface area contributed by atoms with E-state index in [-0.39, 0.29) is 11.8 Å². The molecule has 3 aromatic rings. The van der Waals surface area contributed by atoms with Gasteiger partial charge in [-0.15, -0.1) is 11.3 Å². The third kappa shape index (κ3) is 2.56. The molecule has 3 atom stereocenters. The Bertz CT molecular complexity index is 1080. The number of hydrogen-bond donors (Lipinski definition) is 2. The lowest BCUT2D eigenvalue weighted by atomic mass is 9.92. The molecule has 1 fully saturated rings. The number of aromatic amines is 1. The predicted octanol–water partition coefficient (Wildman–Crippen LogP) is 5.32. The number of amides is 1. The molecule has 1 saturated carbocycles. The Morgan fingerprint density at radius 3 is 2.86 bits per heavy atom. The molecule has 3 unspecified atom stereocenters. The molecule has 0 saturated heterocycles. The van der Waals surface area contributed by atoms with Crippen LogP contribution in [0.5, 0.6) is 0 Å². The summed E-state index contributed by atoms with van der Waals surface area (Å²) in [4.78, 5) is 22.9. The number of H-pyrrole nitrogens is 1. The quantitative estimate of drug-likeness (QED) is 0.596. The molecule has 2 N–H and O–H groups in total. The minimum atomic E-state index is 0.123. The smallest absolute Gasteiger partial charge is 0.228 e. The van der Waals surface area contributed by atoms with Crippen LogP contribution in [0.4, 0.5) is 5.00 Å². The molecule has 28 heavy (non-hydrogen) atoms. The van der Waals surface area contributed by atoms with Crippen molar-refractivity contribution >= 4 is 33.3 Å². The van der Waals surface area contributed by atoms with Crippen LogP contribution in [0.1, 0.15) is 36.1 Å². The maximum absolute atomic E-state index is 13.1. The van der Waals surface area contributed by atoms with Gasteiger partial charge in [-0.25, -0.2) is 4.98 Å². The summed E-state index contributed by atoms with van der Waals surface area (Å²) in [7, 11) is 0. The second-order valence-corrected chi connectivity index (χ2v) is 9.50. The van der Waals surface area contributed by atoms with Crippen LogP contribution in [0.2, 0.25) is 0 Å². The van der Waals surface area contributed by atoms with E-state index in [1.54, 1.807) is 11.3 Å². The lowest BCUT2D eigenvalue weighted by Gasteiger charge is -2.17. The van der Waals surface area contributed by atoms with Crippen molar-refractivity contribution < 1.29 is 4.79 Å². The van der Waals surface area contributed by atoms with Crippen molar-refractivity contribution in [2.45, 2.75) is 38.5 Å². The summed E-state index contributed by atoms with van der Waals surface area (Å²) in [5.41, 5.74) is 4.54. The minimum absolute atomic E-state index is 0.123. The highest BCUT2D eigenvalue weighted by molar-refractivity contribution is 7.17. The Labute approximate surface area is 168 Å². The zero-order valence-corrected chi connectivity index (χ0v) is 16.5. The molecule has 2 heterocycles. The minimum Gasteiger partial charge on any atom is -0.338 e. The van der Waals surface area contributed by atoms with Crippen LogP contribution in [0.15, 0.2) is 36.4 Å². The first kappa shape index (κ1) is 16.5. The van der Waals surface area contributed by atoms with Crippen LogP contribution in [-0.4, -0.2) is 15.9 Å². The molecule has 6 rings (SSSR count). The third-order valence-electron chi connectivity index (χ3n) is 6.65. The summed E-state index contributed by atoms with van der Waals surface area (Å²) in [5.74, 6) is 2.23. The number of para-hydroxylation sites is 2. The number of carbonyl (C=O) groups is 1. The lowest BCUT2D eigenvalue weighted by Crippen LogP contribution is -2.25. The molecule has 0 radical (unpaired) electrons. The number of aromatic nitrogens is 2. The number of nitrogens with zero attached hydrogens (tertiary/aromatic N) is 1. The topological polar surface area (TPSA) is 57.8 Å². The molecule has 1 aromatic carbocycles. The van der Waals surface area contributed by atoms with Gasteiger partial charge >= 0.3 is 0 Å². The van der Waals surface area contributed by atoms with E-state index in [2.05, 4.69) is 28.5 Å². The number of allylic oxidation sites excluding steroid dienone is 2. The molecule has 2 aromatic heterocycles. The van der Waals surface area contributed by atoms with Gasteiger partial charge < -0.3 is 10.3 Å². The van der Waals surface area contributed by atoms with Gasteiger partial charge in [0.25, 0.3) is 0 Å². The molecule has 0 aliphatic heterocycles. The molecule has 3 aliphatic carbocycles. The van der Waals surface area contributed by atoms with Gasteiger partial charge in [-0.2, -0.15) is 0 Å². The summed E-state index contributed by atoms with van der Waals surface area (Å²) in [5, 5.41) is 4.31. The highest BCUT2D eigenvalue weighted by atomic mass is 32.1. The Morgan fingerprint density at radius 2 is 2.04 bits per heavy atom. The van der Waals surface area contributed by atoms with Crippen LogP contribution in [-0.2, 0) is 17.6 Å². The number of imidazole rings is 1. The van der Waals surface area contributed by atoms with Gasteiger partial charge in [-0.05, 0) is 68.1 Å². The summed E-state index contributed by atoms with van der Waals surface area (Å²) >= 11 is 1.76. The number of hydrogen-bond acceptors (Lipinski definition) is 3. The van der Waals surface area contributed by atoms with Crippen molar-refractivity contribution in [3.8, 4) is 11.4 Å². The van der Waals surface area contributed by atoms with Crippen LogP contribution in [0.3, 0.4) is 0 Å². The van der Waals surface area contributed by atoms with E-state index >= 15 is 0 Å². The number of anilines is 1. The van der Waals surface area contributed by atoms with Gasteiger partial charge in [0.1, 0.15) is 10.8 Å². The first-order valence-electron chi connectivity index (χ1n) is 10.3. The average molecular weight is 390 g/mol. The molecular weight excluding hydrogens is 366 g/mol. The monoisotopic (exact) mass is 389 g/mol.